The number of ether oxygens (including phenoxy) is 1. The molecule has 4 aromatic rings. The summed E-state index contributed by atoms with van der Waals surface area (Å²) in [6.45, 7) is 6.07. The van der Waals surface area contributed by atoms with Crippen LogP contribution in [0.2, 0.25) is 0 Å². The number of benzene rings is 2. The second kappa shape index (κ2) is 8.16. The monoisotopic (exact) mass is 419 g/mol. The van der Waals surface area contributed by atoms with Gasteiger partial charge in [0, 0.05) is 16.3 Å². The minimum absolute atomic E-state index is 0.187. The molecule has 2 aromatic carbocycles. The van der Waals surface area contributed by atoms with Gasteiger partial charge >= 0.3 is 5.97 Å². The van der Waals surface area contributed by atoms with Crippen LogP contribution in [-0.4, -0.2) is 18.5 Å². The predicted octanol–water partition coefficient (Wildman–Crippen LogP) is 6.21. The molecule has 5 nitrogen and oxygen atoms in total. The van der Waals surface area contributed by atoms with Gasteiger partial charge in [-0.1, -0.05) is 36.4 Å². The molecule has 0 saturated heterocycles. The number of amides is 1. The Balaban J connectivity index is 1.71. The average molecular weight is 420 g/mol. The van der Waals surface area contributed by atoms with E-state index in [9.17, 15) is 9.59 Å². The van der Waals surface area contributed by atoms with Crippen LogP contribution in [0.1, 0.15) is 39.0 Å². The summed E-state index contributed by atoms with van der Waals surface area (Å²) >= 11 is 1.29. The Bertz CT molecular complexity index is 1220. The Morgan fingerprint density at radius 1 is 1.07 bits per heavy atom. The minimum atomic E-state index is -0.466. The van der Waals surface area contributed by atoms with Crippen molar-refractivity contribution >= 4 is 39.2 Å². The third-order valence-electron chi connectivity index (χ3n) is 4.96. The van der Waals surface area contributed by atoms with Gasteiger partial charge in [0.05, 0.1) is 6.61 Å². The Morgan fingerprint density at radius 3 is 2.60 bits per heavy atom. The van der Waals surface area contributed by atoms with Gasteiger partial charge in [0.2, 0.25) is 0 Å². The number of nitrogens with one attached hydrogen (secondary N) is 1. The van der Waals surface area contributed by atoms with Crippen LogP contribution in [0.15, 0.2) is 58.3 Å². The van der Waals surface area contributed by atoms with E-state index in [-0.39, 0.29) is 12.4 Å². The molecule has 152 valence electrons. The van der Waals surface area contributed by atoms with Crippen LogP contribution in [0, 0.1) is 13.8 Å². The molecule has 2 aromatic heterocycles. The summed E-state index contributed by atoms with van der Waals surface area (Å²) in [5.41, 5.74) is 4.93. The van der Waals surface area contributed by atoms with Crippen molar-refractivity contribution in [3.63, 3.8) is 0 Å². The van der Waals surface area contributed by atoms with Gasteiger partial charge in [0.15, 0.2) is 5.76 Å². The summed E-state index contributed by atoms with van der Waals surface area (Å²) in [7, 11) is 0. The number of hydrogen-bond donors (Lipinski definition) is 1. The van der Waals surface area contributed by atoms with Crippen LogP contribution in [0.5, 0.6) is 0 Å². The topological polar surface area (TPSA) is 68.5 Å². The number of furan rings is 1. The molecule has 0 saturated carbocycles. The number of rotatable bonds is 5. The first-order chi connectivity index (χ1) is 14.5. The lowest BCUT2D eigenvalue weighted by Gasteiger charge is -2.09. The zero-order chi connectivity index (χ0) is 21.3. The lowest BCUT2D eigenvalue weighted by molar-refractivity contribution is 0.0529. The Kier molecular flexibility index (Phi) is 5.42. The van der Waals surface area contributed by atoms with E-state index in [0.29, 0.717) is 16.1 Å². The highest BCUT2D eigenvalue weighted by Gasteiger charge is 2.24. The molecule has 0 spiro atoms. The fourth-order valence-electron chi connectivity index (χ4n) is 3.24. The van der Waals surface area contributed by atoms with Crippen molar-refractivity contribution in [2.24, 2.45) is 0 Å². The van der Waals surface area contributed by atoms with Gasteiger partial charge in [0.1, 0.15) is 16.1 Å². The predicted molar refractivity (Wildman–Crippen MR) is 119 cm³/mol. The van der Waals surface area contributed by atoms with Gasteiger partial charge in [0.25, 0.3) is 5.91 Å². The van der Waals surface area contributed by atoms with Crippen molar-refractivity contribution in [2.45, 2.75) is 20.8 Å². The Labute approximate surface area is 178 Å². The van der Waals surface area contributed by atoms with Crippen LogP contribution in [-0.2, 0) is 4.74 Å². The highest BCUT2D eigenvalue weighted by atomic mass is 32.1. The molecule has 0 aliphatic rings. The summed E-state index contributed by atoms with van der Waals surface area (Å²) in [6, 6.07) is 15.1. The van der Waals surface area contributed by atoms with Crippen molar-refractivity contribution in [3.8, 4) is 11.1 Å². The van der Waals surface area contributed by atoms with Crippen molar-refractivity contribution < 1.29 is 18.7 Å². The fourth-order valence-corrected chi connectivity index (χ4v) is 4.19. The van der Waals surface area contributed by atoms with Crippen LogP contribution < -0.4 is 5.32 Å². The highest BCUT2D eigenvalue weighted by molar-refractivity contribution is 7.15. The molecule has 0 radical (unpaired) electrons. The van der Waals surface area contributed by atoms with Crippen LogP contribution in [0.4, 0.5) is 5.00 Å². The molecule has 0 aliphatic carbocycles. The zero-order valence-corrected chi connectivity index (χ0v) is 17.8. The summed E-state index contributed by atoms with van der Waals surface area (Å²) in [5, 5.41) is 5.97. The van der Waals surface area contributed by atoms with E-state index in [1.165, 1.54) is 16.9 Å². The largest absolute Gasteiger partial charge is 0.462 e. The molecular formula is C24H21NO4S. The van der Waals surface area contributed by atoms with Crippen molar-refractivity contribution in [1.29, 1.82) is 0 Å². The fraction of sp³-hybridized carbons (Fsp3) is 0.167. The van der Waals surface area contributed by atoms with Gasteiger partial charge in [-0.3, -0.25) is 4.79 Å². The van der Waals surface area contributed by atoms with Gasteiger partial charge in [-0.15, -0.1) is 11.3 Å². The molecule has 0 bridgehead atoms. The number of aryl methyl sites for hydroxylation is 2. The summed E-state index contributed by atoms with van der Waals surface area (Å²) < 4.78 is 10.9. The molecule has 0 fully saturated rings. The van der Waals surface area contributed by atoms with Crippen LogP contribution in [0.3, 0.4) is 0 Å². The molecule has 0 atom stereocenters. The molecule has 6 heteroatoms. The number of fused-ring (bicyclic) bond motifs is 1. The molecule has 1 amide bonds. The van der Waals surface area contributed by atoms with Gasteiger partial charge in [-0.25, -0.2) is 4.79 Å². The lowest BCUT2D eigenvalue weighted by atomic mass is 9.99. The first-order valence-electron chi connectivity index (χ1n) is 9.64. The molecule has 4 rings (SSSR count). The van der Waals surface area contributed by atoms with Gasteiger partial charge < -0.3 is 14.5 Å². The van der Waals surface area contributed by atoms with Gasteiger partial charge in [-0.2, -0.15) is 0 Å². The number of carbonyl (C=O) groups excluding carboxylic acids is 2. The maximum Gasteiger partial charge on any atom is 0.341 e. The van der Waals surface area contributed by atoms with E-state index < -0.39 is 11.9 Å². The summed E-state index contributed by atoms with van der Waals surface area (Å²) in [6.07, 6.45) is 0. The minimum Gasteiger partial charge on any atom is -0.462 e. The number of carbonyl (C=O) groups is 2. The van der Waals surface area contributed by atoms with Crippen LogP contribution >= 0.6 is 11.3 Å². The number of para-hydroxylation sites is 1. The third-order valence-corrected chi connectivity index (χ3v) is 5.86. The first kappa shape index (κ1) is 19.9. The number of hydrogen-bond acceptors (Lipinski definition) is 5. The zero-order valence-electron chi connectivity index (χ0n) is 16.9. The maximum absolute atomic E-state index is 12.8. The lowest BCUT2D eigenvalue weighted by Crippen LogP contribution is -2.14. The quantitative estimate of drug-likeness (QED) is 0.391. The summed E-state index contributed by atoms with van der Waals surface area (Å²) in [4.78, 5) is 25.6. The molecule has 1 N–H and O–H groups in total. The molecule has 2 heterocycles. The molecule has 30 heavy (non-hydrogen) atoms. The Morgan fingerprint density at radius 2 is 1.87 bits per heavy atom. The Hall–Kier alpha value is -3.38. The standard InChI is InChI=1S/C24H21NO4S/c1-4-28-24(27)21-18(16-10-9-14(2)15(3)11-16)13-30-23(21)25-22(26)20-12-17-7-5-6-8-19(17)29-20/h5-13H,4H2,1-3H3,(H,25,26). The highest BCUT2D eigenvalue weighted by Crippen LogP contribution is 2.37. The van der Waals surface area contributed by atoms with Crippen molar-refractivity contribution in [3.05, 3.63) is 76.4 Å². The van der Waals surface area contributed by atoms with Crippen molar-refractivity contribution in [2.75, 3.05) is 11.9 Å². The first-order valence-corrected chi connectivity index (χ1v) is 10.5. The van der Waals surface area contributed by atoms with E-state index in [1.54, 1.807) is 19.1 Å². The van der Waals surface area contributed by atoms with E-state index in [4.69, 9.17) is 9.15 Å². The third kappa shape index (κ3) is 3.74. The summed E-state index contributed by atoms with van der Waals surface area (Å²) in [5.74, 6) is -0.691. The second-order valence-electron chi connectivity index (χ2n) is 6.98. The molecule has 0 aliphatic heterocycles. The van der Waals surface area contributed by atoms with E-state index in [0.717, 1.165) is 22.1 Å². The van der Waals surface area contributed by atoms with Crippen LogP contribution in [0.25, 0.3) is 22.1 Å². The average Bonchev–Trinajstić information content (AvgIpc) is 3.34. The normalized spacial score (nSPS) is 10.9. The maximum atomic E-state index is 12.8. The second-order valence-corrected chi connectivity index (χ2v) is 7.86. The van der Waals surface area contributed by atoms with E-state index >= 15 is 0 Å². The molecular weight excluding hydrogens is 398 g/mol. The number of esters is 1. The van der Waals surface area contributed by atoms with E-state index in [2.05, 4.69) is 5.32 Å². The van der Waals surface area contributed by atoms with E-state index in [1.807, 2.05) is 55.6 Å². The van der Waals surface area contributed by atoms with Gasteiger partial charge in [-0.05, 0) is 49.6 Å². The SMILES string of the molecule is CCOC(=O)c1c(-c2ccc(C)c(C)c2)csc1NC(=O)c1cc2ccccc2o1. The molecule has 0 unspecified atom stereocenters. The van der Waals surface area contributed by atoms with Crippen molar-refractivity contribution in [1.82, 2.24) is 0 Å². The smallest absolute Gasteiger partial charge is 0.341 e. The number of thiophene rings is 1. The number of anilines is 1.